The monoisotopic (exact) mass is 292 g/mol. The predicted octanol–water partition coefficient (Wildman–Crippen LogP) is 4.22. The van der Waals surface area contributed by atoms with Crippen LogP contribution in [0, 0.1) is 5.92 Å². The van der Waals surface area contributed by atoms with Crippen molar-refractivity contribution in [3.05, 3.63) is 28.8 Å². The van der Waals surface area contributed by atoms with Crippen molar-refractivity contribution in [1.29, 1.82) is 0 Å². The molecule has 1 aliphatic heterocycles. The summed E-state index contributed by atoms with van der Waals surface area (Å²) in [7, 11) is 0. The number of hydrogen-bond acceptors (Lipinski definition) is 2. The van der Waals surface area contributed by atoms with Gasteiger partial charge in [-0.3, -0.25) is 0 Å². The third-order valence-corrected chi connectivity index (χ3v) is 5.13. The molecule has 0 spiro atoms. The van der Waals surface area contributed by atoms with E-state index in [1.54, 1.807) is 0 Å². The van der Waals surface area contributed by atoms with Crippen molar-refractivity contribution in [3.8, 4) is 0 Å². The molecule has 1 N–H and O–H groups in total. The average Bonchev–Trinajstić information content (AvgIpc) is 3.30. The lowest BCUT2D eigenvalue weighted by Crippen LogP contribution is -2.34. The molecule has 3 rings (SSSR count). The van der Waals surface area contributed by atoms with Crippen molar-refractivity contribution < 1.29 is 0 Å². The first-order chi connectivity index (χ1) is 9.78. The Kier molecular flexibility index (Phi) is 4.52. The fourth-order valence-corrected chi connectivity index (χ4v) is 3.37. The molecule has 20 heavy (non-hydrogen) atoms. The van der Waals surface area contributed by atoms with Gasteiger partial charge in [0, 0.05) is 41.9 Å². The van der Waals surface area contributed by atoms with Gasteiger partial charge in [0.05, 0.1) is 0 Å². The standard InChI is InChI=1S/C17H25ClN2/c1-2-13-8-10-20(11-9-13)17-5-3-4-16(18)15(17)12-19-14-6-7-14/h3-5,13-14,19H,2,6-12H2,1H3. The predicted molar refractivity (Wildman–Crippen MR) is 86.5 cm³/mol. The van der Waals surface area contributed by atoms with E-state index in [1.807, 2.05) is 6.07 Å². The summed E-state index contributed by atoms with van der Waals surface area (Å²) in [5, 5.41) is 4.51. The van der Waals surface area contributed by atoms with Crippen LogP contribution >= 0.6 is 11.6 Å². The lowest BCUT2D eigenvalue weighted by molar-refractivity contribution is 0.394. The Labute approximate surface area is 127 Å². The zero-order valence-electron chi connectivity index (χ0n) is 12.4. The first-order valence-corrected chi connectivity index (χ1v) is 8.41. The number of benzene rings is 1. The molecule has 0 amide bonds. The summed E-state index contributed by atoms with van der Waals surface area (Å²) in [6.07, 6.45) is 6.60. The van der Waals surface area contributed by atoms with E-state index in [4.69, 9.17) is 11.6 Å². The molecular weight excluding hydrogens is 268 g/mol. The van der Waals surface area contributed by atoms with Crippen molar-refractivity contribution in [1.82, 2.24) is 5.32 Å². The van der Waals surface area contributed by atoms with E-state index in [0.717, 1.165) is 23.5 Å². The fraction of sp³-hybridized carbons (Fsp3) is 0.647. The maximum absolute atomic E-state index is 6.44. The van der Waals surface area contributed by atoms with Gasteiger partial charge >= 0.3 is 0 Å². The van der Waals surface area contributed by atoms with Gasteiger partial charge in [0.15, 0.2) is 0 Å². The molecule has 1 saturated heterocycles. The Balaban J connectivity index is 1.72. The molecule has 1 aromatic rings. The summed E-state index contributed by atoms with van der Waals surface area (Å²) < 4.78 is 0. The molecule has 0 aromatic heterocycles. The summed E-state index contributed by atoms with van der Waals surface area (Å²) in [5.74, 6) is 0.915. The van der Waals surface area contributed by atoms with Crippen LogP contribution in [0.3, 0.4) is 0 Å². The Hall–Kier alpha value is -0.730. The number of anilines is 1. The number of nitrogens with one attached hydrogen (secondary N) is 1. The average molecular weight is 293 g/mol. The van der Waals surface area contributed by atoms with E-state index in [9.17, 15) is 0 Å². The largest absolute Gasteiger partial charge is 0.371 e. The van der Waals surface area contributed by atoms with Crippen LogP contribution in [0.25, 0.3) is 0 Å². The number of nitrogens with zero attached hydrogens (tertiary/aromatic N) is 1. The van der Waals surface area contributed by atoms with Gasteiger partial charge in [-0.2, -0.15) is 0 Å². The second-order valence-electron chi connectivity index (χ2n) is 6.23. The molecule has 3 heteroatoms. The minimum atomic E-state index is 0.727. The second-order valence-corrected chi connectivity index (χ2v) is 6.64. The Morgan fingerprint density at radius 1 is 1.20 bits per heavy atom. The smallest absolute Gasteiger partial charge is 0.0471 e. The quantitative estimate of drug-likeness (QED) is 0.874. The van der Waals surface area contributed by atoms with E-state index in [2.05, 4.69) is 29.3 Å². The molecule has 0 unspecified atom stereocenters. The van der Waals surface area contributed by atoms with Crippen LogP contribution < -0.4 is 10.2 Å². The van der Waals surface area contributed by atoms with Crippen molar-refractivity contribution in [2.24, 2.45) is 5.92 Å². The van der Waals surface area contributed by atoms with E-state index in [1.165, 1.54) is 56.4 Å². The van der Waals surface area contributed by atoms with Gasteiger partial charge in [0.1, 0.15) is 0 Å². The van der Waals surface area contributed by atoms with Crippen LogP contribution in [0.4, 0.5) is 5.69 Å². The fourth-order valence-electron chi connectivity index (χ4n) is 3.13. The van der Waals surface area contributed by atoms with Crippen LogP contribution in [0.15, 0.2) is 18.2 Å². The van der Waals surface area contributed by atoms with Gasteiger partial charge in [-0.1, -0.05) is 31.0 Å². The zero-order valence-corrected chi connectivity index (χ0v) is 13.1. The minimum Gasteiger partial charge on any atom is -0.371 e. The highest BCUT2D eigenvalue weighted by Gasteiger charge is 2.23. The molecular formula is C17H25ClN2. The minimum absolute atomic E-state index is 0.727. The van der Waals surface area contributed by atoms with Gasteiger partial charge in [0.25, 0.3) is 0 Å². The highest BCUT2D eigenvalue weighted by Crippen LogP contribution is 2.32. The Bertz CT molecular complexity index is 448. The molecule has 0 radical (unpaired) electrons. The SMILES string of the molecule is CCC1CCN(c2cccc(Cl)c2CNC2CC2)CC1. The van der Waals surface area contributed by atoms with E-state index < -0.39 is 0 Å². The first-order valence-electron chi connectivity index (χ1n) is 8.03. The molecule has 1 saturated carbocycles. The third kappa shape index (κ3) is 3.29. The first kappa shape index (κ1) is 14.2. The molecule has 1 aromatic carbocycles. The summed E-state index contributed by atoms with van der Waals surface area (Å²) in [6, 6.07) is 7.07. The molecule has 0 atom stereocenters. The van der Waals surface area contributed by atoms with E-state index in [-0.39, 0.29) is 0 Å². The van der Waals surface area contributed by atoms with Crippen LogP contribution in [-0.2, 0) is 6.54 Å². The zero-order chi connectivity index (χ0) is 13.9. The topological polar surface area (TPSA) is 15.3 Å². The van der Waals surface area contributed by atoms with Crippen LogP contribution in [-0.4, -0.2) is 19.1 Å². The maximum Gasteiger partial charge on any atom is 0.0471 e. The lowest BCUT2D eigenvalue weighted by atomic mass is 9.93. The van der Waals surface area contributed by atoms with E-state index >= 15 is 0 Å². The molecule has 1 aliphatic carbocycles. The van der Waals surface area contributed by atoms with Gasteiger partial charge in [-0.25, -0.2) is 0 Å². The van der Waals surface area contributed by atoms with Gasteiger partial charge < -0.3 is 10.2 Å². The maximum atomic E-state index is 6.44. The summed E-state index contributed by atoms with van der Waals surface area (Å²) in [5.41, 5.74) is 2.64. The highest BCUT2D eigenvalue weighted by molar-refractivity contribution is 6.31. The Morgan fingerprint density at radius 3 is 2.60 bits per heavy atom. The van der Waals surface area contributed by atoms with Gasteiger partial charge in [0.2, 0.25) is 0 Å². The molecule has 110 valence electrons. The lowest BCUT2D eigenvalue weighted by Gasteiger charge is -2.34. The summed E-state index contributed by atoms with van der Waals surface area (Å²) >= 11 is 6.44. The molecule has 2 nitrogen and oxygen atoms in total. The number of piperidine rings is 1. The summed E-state index contributed by atoms with van der Waals surface area (Å²) in [6.45, 7) is 5.57. The van der Waals surface area contributed by atoms with E-state index in [0.29, 0.717) is 0 Å². The highest BCUT2D eigenvalue weighted by atomic mass is 35.5. The van der Waals surface area contributed by atoms with Crippen LogP contribution in [0.5, 0.6) is 0 Å². The third-order valence-electron chi connectivity index (χ3n) is 4.77. The van der Waals surface area contributed by atoms with Crippen molar-refractivity contribution >= 4 is 17.3 Å². The number of hydrogen-bond donors (Lipinski definition) is 1. The van der Waals surface area contributed by atoms with Crippen molar-refractivity contribution in [3.63, 3.8) is 0 Å². The molecule has 1 heterocycles. The van der Waals surface area contributed by atoms with Gasteiger partial charge in [-0.15, -0.1) is 0 Å². The molecule has 2 aliphatic rings. The normalized spacial score (nSPS) is 20.4. The molecule has 0 bridgehead atoms. The van der Waals surface area contributed by atoms with Crippen molar-refractivity contribution in [2.45, 2.75) is 51.6 Å². The summed E-state index contributed by atoms with van der Waals surface area (Å²) in [4.78, 5) is 2.53. The van der Waals surface area contributed by atoms with Crippen LogP contribution in [0.2, 0.25) is 5.02 Å². The number of halogens is 1. The van der Waals surface area contributed by atoms with Crippen LogP contribution in [0.1, 0.15) is 44.6 Å². The Morgan fingerprint density at radius 2 is 1.95 bits per heavy atom. The molecule has 2 fully saturated rings. The second kappa shape index (κ2) is 6.36. The number of rotatable bonds is 5. The van der Waals surface area contributed by atoms with Crippen molar-refractivity contribution in [2.75, 3.05) is 18.0 Å². The van der Waals surface area contributed by atoms with Gasteiger partial charge in [-0.05, 0) is 43.7 Å².